The lowest BCUT2D eigenvalue weighted by Crippen LogP contribution is -2.24. The molecule has 5 nitrogen and oxygen atoms in total. The van der Waals surface area contributed by atoms with Crippen LogP contribution in [-0.2, 0) is 0 Å². The monoisotopic (exact) mass is 373 g/mol. The molecule has 0 aromatic heterocycles. The highest BCUT2D eigenvalue weighted by atomic mass is 35.5. The van der Waals surface area contributed by atoms with Crippen molar-refractivity contribution in [3.05, 3.63) is 58.7 Å². The van der Waals surface area contributed by atoms with Crippen molar-refractivity contribution in [1.29, 1.82) is 0 Å². The summed E-state index contributed by atoms with van der Waals surface area (Å²) in [6, 6.07) is 10.7. The maximum atomic E-state index is 13.1. The zero-order valence-corrected chi connectivity index (χ0v) is 16.1. The molecule has 0 spiro atoms. The van der Waals surface area contributed by atoms with Crippen LogP contribution in [0.1, 0.15) is 38.3 Å². The van der Waals surface area contributed by atoms with Crippen molar-refractivity contribution in [2.24, 2.45) is 0 Å². The molecule has 6 heteroatoms. The van der Waals surface area contributed by atoms with Gasteiger partial charge in [-0.1, -0.05) is 24.3 Å². The number of hydrogen-bond acceptors (Lipinski definition) is 5. The van der Waals surface area contributed by atoms with E-state index in [1.165, 1.54) is 0 Å². The number of hydrogen-bond donors (Lipinski definition) is 2. The summed E-state index contributed by atoms with van der Waals surface area (Å²) in [6.07, 6.45) is 0.953. The van der Waals surface area contributed by atoms with Crippen LogP contribution in [0.2, 0.25) is 0 Å². The summed E-state index contributed by atoms with van der Waals surface area (Å²) >= 11 is 0. The summed E-state index contributed by atoms with van der Waals surface area (Å²) in [4.78, 5) is 28.2. The molecule has 138 valence electrons. The minimum atomic E-state index is -0.105. The van der Waals surface area contributed by atoms with Gasteiger partial charge in [-0.3, -0.25) is 9.59 Å². The first-order valence-electron chi connectivity index (χ1n) is 8.46. The molecule has 0 radical (unpaired) electrons. The van der Waals surface area contributed by atoms with Crippen molar-refractivity contribution in [2.75, 3.05) is 44.9 Å². The van der Waals surface area contributed by atoms with E-state index in [1.807, 2.05) is 26.2 Å². The van der Waals surface area contributed by atoms with Crippen LogP contribution in [0.25, 0.3) is 0 Å². The van der Waals surface area contributed by atoms with Crippen molar-refractivity contribution in [3.8, 4) is 0 Å². The fourth-order valence-electron chi connectivity index (χ4n) is 3.20. The molecular formula is C20H24ClN3O2. The highest BCUT2D eigenvalue weighted by Gasteiger charge is 2.33. The number of carbonyl (C=O) groups excluding carboxylic acids is 2. The molecule has 2 aromatic carbocycles. The van der Waals surface area contributed by atoms with Crippen molar-refractivity contribution in [2.45, 2.75) is 6.42 Å². The summed E-state index contributed by atoms with van der Waals surface area (Å²) in [7, 11) is 5.82. The molecule has 0 aliphatic heterocycles. The number of ketones is 2. The van der Waals surface area contributed by atoms with Gasteiger partial charge in [0.05, 0.1) is 11.1 Å². The maximum absolute atomic E-state index is 13.1. The summed E-state index contributed by atoms with van der Waals surface area (Å²) in [5.74, 6) is -0.205. The van der Waals surface area contributed by atoms with Crippen LogP contribution < -0.4 is 10.6 Å². The number of carbonyl (C=O) groups is 2. The van der Waals surface area contributed by atoms with Crippen LogP contribution in [0, 0.1) is 0 Å². The molecular weight excluding hydrogens is 350 g/mol. The van der Waals surface area contributed by atoms with E-state index in [9.17, 15) is 9.59 Å². The van der Waals surface area contributed by atoms with E-state index in [-0.39, 0.29) is 24.0 Å². The molecule has 0 amide bonds. The molecule has 1 aliphatic rings. The van der Waals surface area contributed by atoms with E-state index in [1.54, 1.807) is 31.3 Å². The van der Waals surface area contributed by atoms with Gasteiger partial charge in [-0.2, -0.15) is 0 Å². The molecule has 3 rings (SSSR count). The molecule has 0 bridgehead atoms. The van der Waals surface area contributed by atoms with E-state index < -0.39 is 0 Å². The van der Waals surface area contributed by atoms with Gasteiger partial charge in [0.25, 0.3) is 0 Å². The topological polar surface area (TPSA) is 61.4 Å². The van der Waals surface area contributed by atoms with Crippen LogP contribution in [0.15, 0.2) is 36.4 Å². The number of anilines is 2. The zero-order chi connectivity index (χ0) is 18.0. The van der Waals surface area contributed by atoms with Crippen LogP contribution in [0.3, 0.4) is 0 Å². The largest absolute Gasteiger partial charge is 0.388 e. The Hall–Kier alpha value is -2.37. The van der Waals surface area contributed by atoms with Gasteiger partial charge in [-0.25, -0.2) is 0 Å². The fraction of sp³-hybridized carbons (Fsp3) is 0.300. The molecule has 0 saturated heterocycles. The number of nitrogens with zero attached hydrogens (tertiary/aromatic N) is 1. The first-order valence-corrected chi connectivity index (χ1v) is 8.46. The lowest BCUT2D eigenvalue weighted by atomic mass is 9.82. The van der Waals surface area contributed by atoms with Gasteiger partial charge in [0, 0.05) is 36.1 Å². The van der Waals surface area contributed by atoms with Gasteiger partial charge in [-0.05, 0) is 39.2 Å². The SMILES string of the molecule is CNc1ccc(NCCCN(C)C)c2c1C(=O)c1ccccc1C2=O.Cl. The predicted octanol–water partition coefficient (Wildman–Crippen LogP) is 3.29. The average molecular weight is 374 g/mol. The summed E-state index contributed by atoms with van der Waals surface area (Å²) < 4.78 is 0. The molecule has 0 atom stereocenters. The van der Waals surface area contributed by atoms with Gasteiger partial charge in [0.2, 0.25) is 0 Å². The Balaban J connectivity index is 0.00000243. The Kier molecular flexibility index (Phi) is 6.40. The minimum Gasteiger partial charge on any atom is -0.388 e. The fourth-order valence-corrected chi connectivity index (χ4v) is 3.20. The third kappa shape index (κ3) is 3.59. The van der Waals surface area contributed by atoms with Gasteiger partial charge >= 0.3 is 0 Å². The molecule has 2 aromatic rings. The highest BCUT2D eigenvalue weighted by molar-refractivity contribution is 6.31. The summed E-state index contributed by atoms with van der Waals surface area (Å²) in [5, 5.41) is 6.37. The van der Waals surface area contributed by atoms with Crippen molar-refractivity contribution < 1.29 is 9.59 Å². The standard InChI is InChI=1S/C20H23N3O2.ClH/c1-21-15-9-10-16(22-11-6-12-23(2)3)18-17(15)19(24)13-7-4-5-8-14(13)20(18)25;/h4-5,7-10,21-22H,6,11-12H2,1-3H3;1H. The van der Waals surface area contributed by atoms with Crippen LogP contribution in [0.4, 0.5) is 11.4 Å². The van der Waals surface area contributed by atoms with Crippen molar-refractivity contribution >= 4 is 35.3 Å². The molecule has 2 N–H and O–H groups in total. The van der Waals surface area contributed by atoms with Crippen molar-refractivity contribution in [3.63, 3.8) is 0 Å². The second-order valence-corrected chi connectivity index (χ2v) is 6.45. The van der Waals surface area contributed by atoms with E-state index in [0.717, 1.165) is 25.2 Å². The Morgan fingerprint density at radius 2 is 1.42 bits per heavy atom. The summed E-state index contributed by atoms with van der Waals surface area (Å²) in [5.41, 5.74) is 3.29. The van der Waals surface area contributed by atoms with E-state index in [0.29, 0.717) is 27.9 Å². The van der Waals surface area contributed by atoms with Gasteiger partial charge in [0.15, 0.2) is 11.6 Å². The predicted molar refractivity (Wildman–Crippen MR) is 108 cm³/mol. The average Bonchev–Trinajstić information content (AvgIpc) is 2.62. The quantitative estimate of drug-likeness (QED) is 0.649. The third-order valence-electron chi connectivity index (χ3n) is 4.44. The molecule has 1 aliphatic carbocycles. The van der Waals surface area contributed by atoms with Crippen LogP contribution in [-0.4, -0.2) is 50.7 Å². The molecule has 26 heavy (non-hydrogen) atoms. The highest BCUT2D eigenvalue weighted by Crippen LogP contribution is 2.36. The van der Waals surface area contributed by atoms with Gasteiger partial charge < -0.3 is 15.5 Å². The Bertz CT molecular complexity index is 834. The lowest BCUT2D eigenvalue weighted by molar-refractivity contribution is 0.0980. The smallest absolute Gasteiger partial charge is 0.196 e. The second-order valence-electron chi connectivity index (χ2n) is 6.45. The maximum Gasteiger partial charge on any atom is 0.196 e. The van der Waals surface area contributed by atoms with Gasteiger partial charge in [0.1, 0.15) is 0 Å². The summed E-state index contributed by atoms with van der Waals surface area (Å²) in [6.45, 7) is 1.70. The zero-order valence-electron chi connectivity index (χ0n) is 15.3. The lowest BCUT2D eigenvalue weighted by Gasteiger charge is -2.23. The molecule has 0 saturated carbocycles. The van der Waals surface area contributed by atoms with E-state index in [4.69, 9.17) is 0 Å². The number of fused-ring (bicyclic) bond motifs is 2. The Morgan fingerprint density at radius 1 is 0.885 bits per heavy atom. The van der Waals surface area contributed by atoms with Crippen molar-refractivity contribution in [1.82, 2.24) is 4.90 Å². The van der Waals surface area contributed by atoms with Crippen LogP contribution >= 0.6 is 12.4 Å². The molecule has 0 unspecified atom stereocenters. The van der Waals surface area contributed by atoms with Crippen LogP contribution in [0.5, 0.6) is 0 Å². The first-order chi connectivity index (χ1) is 12.0. The number of nitrogens with one attached hydrogen (secondary N) is 2. The first kappa shape index (κ1) is 19.9. The number of halogens is 1. The number of rotatable bonds is 6. The van der Waals surface area contributed by atoms with E-state index in [2.05, 4.69) is 15.5 Å². The van der Waals surface area contributed by atoms with Gasteiger partial charge in [-0.15, -0.1) is 12.4 Å². The Labute approximate surface area is 160 Å². The minimum absolute atomic E-state index is 0. The third-order valence-corrected chi connectivity index (χ3v) is 4.44. The second kappa shape index (κ2) is 8.34. The molecule has 0 heterocycles. The van der Waals surface area contributed by atoms with E-state index >= 15 is 0 Å². The Morgan fingerprint density at radius 3 is 1.96 bits per heavy atom. The number of benzene rings is 2. The normalized spacial score (nSPS) is 12.3. The molecule has 0 fully saturated rings.